The first-order valence-corrected chi connectivity index (χ1v) is 3.95. The maximum Gasteiger partial charge on any atom is 0.0325 e. The molecule has 0 aromatic rings. The number of rotatable bonds is 0. The standard InChI is InChI=1S/C9H13N/c1-7-2-3-9-8(6-7)4-5-10-9/h4-5,8-10H,1-3,6H2. The van der Waals surface area contributed by atoms with Crippen LogP contribution in [0.15, 0.2) is 24.4 Å². The van der Waals surface area contributed by atoms with Crippen LogP contribution in [-0.4, -0.2) is 6.04 Å². The van der Waals surface area contributed by atoms with Gasteiger partial charge in [0, 0.05) is 12.0 Å². The van der Waals surface area contributed by atoms with Gasteiger partial charge in [-0.1, -0.05) is 18.2 Å². The minimum Gasteiger partial charge on any atom is -0.388 e. The average molecular weight is 135 g/mol. The molecule has 1 saturated carbocycles. The summed E-state index contributed by atoms with van der Waals surface area (Å²) in [6.07, 6.45) is 8.06. The molecule has 0 amide bonds. The lowest BCUT2D eigenvalue weighted by atomic mass is 9.84. The molecule has 0 radical (unpaired) electrons. The molecule has 0 aromatic carbocycles. The largest absolute Gasteiger partial charge is 0.388 e. The van der Waals surface area contributed by atoms with Gasteiger partial charge in [0.15, 0.2) is 0 Å². The first kappa shape index (κ1) is 6.02. The highest BCUT2D eigenvalue weighted by atomic mass is 14.9. The predicted octanol–water partition coefficient (Wildman–Crippen LogP) is 1.83. The van der Waals surface area contributed by atoms with E-state index in [1.54, 1.807) is 0 Å². The zero-order valence-electron chi connectivity index (χ0n) is 6.14. The molecule has 0 saturated heterocycles. The quantitative estimate of drug-likeness (QED) is 0.500. The molecule has 2 unspecified atom stereocenters. The van der Waals surface area contributed by atoms with E-state index in [2.05, 4.69) is 24.2 Å². The summed E-state index contributed by atoms with van der Waals surface area (Å²) in [5.74, 6) is 0.751. The SMILES string of the molecule is C=C1CCC2NC=CC2C1. The molecule has 1 nitrogen and oxygen atoms in total. The van der Waals surface area contributed by atoms with E-state index in [9.17, 15) is 0 Å². The molecule has 0 spiro atoms. The van der Waals surface area contributed by atoms with Crippen molar-refractivity contribution >= 4 is 0 Å². The van der Waals surface area contributed by atoms with E-state index in [1.807, 2.05) is 0 Å². The van der Waals surface area contributed by atoms with E-state index in [1.165, 1.54) is 24.8 Å². The topological polar surface area (TPSA) is 12.0 Å². The smallest absolute Gasteiger partial charge is 0.0325 e. The van der Waals surface area contributed by atoms with E-state index in [0.717, 1.165) is 12.0 Å². The normalized spacial score (nSPS) is 37.4. The summed E-state index contributed by atoms with van der Waals surface area (Å²) in [7, 11) is 0. The highest BCUT2D eigenvalue weighted by Crippen LogP contribution is 2.30. The second-order valence-corrected chi connectivity index (χ2v) is 3.29. The minimum absolute atomic E-state index is 0.727. The van der Waals surface area contributed by atoms with E-state index in [0.29, 0.717) is 0 Å². The molecule has 2 atom stereocenters. The summed E-state index contributed by atoms with van der Waals surface area (Å²) >= 11 is 0. The van der Waals surface area contributed by atoms with Crippen molar-refractivity contribution in [3.8, 4) is 0 Å². The second kappa shape index (κ2) is 2.15. The Morgan fingerprint density at radius 3 is 3.40 bits per heavy atom. The molecule has 2 aliphatic rings. The Hall–Kier alpha value is -0.720. The summed E-state index contributed by atoms with van der Waals surface area (Å²) < 4.78 is 0. The van der Waals surface area contributed by atoms with Gasteiger partial charge >= 0.3 is 0 Å². The maximum absolute atomic E-state index is 4.01. The van der Waals surface area contributed by atoms with Crippen molar-refractivity contribution in [2.75, 3.05) is 0 Å². The highest BCUT2D eigenvalue weighted by Gasteiger charge is 2.26. The number of nitrogens with one attached hydrogen (secondary N) is 1. The van der Waals surface area contributed by atoms with Crippen molar-refractivity contribution in [3.05, 3.63) is 24.4 Å². The number of allylic oxidation sites excluding steroid dienone is 1. The molecule has 1 fully saturated rings. The zero-order chi connectivity index (χ0) is 6.97. The number of hydrogen-bond donors (Lipinski definition) is 1. The van der Waals surface area contributed by atoms with E-state index >= 15 is 0 Å². The van der Waals surface area contributed by atoms with Crippen molar-refractivity contribution in [3.63, 3.8) is 0 Å². The molecule has 1 aliphatic heterocycles. The summed E-state index contributed by atoms with van der Waals surface area (Å²) in [6, 6.07) is 0.727. The van der Waals surface area contributed by atoms with E-state index < -0.39 is 0 Å². The van der Waals surface area contributed by atoms with Crippen LogP contribution in [-0.2, 0) is 0 Å². The van der Waals surface area contributed by atoms with Gasteiger partial charge in [-0.3, -0.25) is 0 Å². The molecular weight excluding hydrogens is 122 g/mol. The van der Waals surface area contributed by atoms with Crippen LogP contribution >= 0.6 is 0 Å². The Morgan fingerprint density at radius 1 is 1.60 bits per heavy atom. The first-order chi connectivity index (χ1) is 4.86. The summed E-state index contributed by atoms with van der Waals surface area (Å²) in [5, 5.41) is 3.36. The van der Waals surface area contributed by atoms with Crippen LogP contribution in [0.5, 0.6) is 0 Å². The Labute approximate surface area is 61.8 Å². The summed E-state index contributed by atoms with van der Waals surface area (Å²) in [4.78, 5) is 0. The third-order valence-corrected chi connectivity index (χ3v) is 2.50. The lowest BCUT2D eigenvalue weighted by Crippen LogP contribution is -2.29. The Balaban J connectivity index is 2.08. The van der Waals surface area contributed by atoms with Crippen molar-refractivity contribution in [2.45, 2.75) is 25.3 Å². The molecule has 1 aliphatic carbocycles. The van der Waals surface area contributed by atoms with E-state index in [-0.39, 0.29) is 0 Å². The van der Waals surface area contributed by atoms with Crippen LogP contribution in [0.4, 0.5) is 0 Å². The fraction of sp³-hybridized carbons (Fsp3) is 0.556. The number of fused-ring (bicyclic) bond motifs is 1. The van der Waals surface area contributed by atoms with Crippen molar-refractivity contribution in [1.29, 1.82) is 0 Å². The van der Waals surface area contributed by atoms with Gasteiger partial charge in [0.05, 0.1) is 0 Å². The van der Waals surface area contributed by atoms with Gasteiger partial charge in [-0.15, -0.1) is 0 Å². The van der Waals surface area contributed by atoms with E-state index in [4.69, 9.17) is 0 Å². The van der Waals surface area contributed by atoms with Gasteiger partial charge in [0.25, 0.3) is 0 Å². The molecule has 10 heavy (non-hydrogen) atoms. The van der Waals surface area contributed by atoms with Gasteiger partial charge in [0.1, 0.15) is 0 Å². The third-order valence-electron chi connectivity index (χ3n) is 2.50. The molecule has 54 valence electrons. The molecule has 1 N–H and O–H groups in total. The third kappa shape index (κ3) is 0.859. The Kier molecular flexibility index (Phi) is 1.30. The molecule has 0 aromatic heterocycles. The van der Waals surface area contributed by atoms with Gasteiger partial charge in [-0.25, -0.2) is 0 Å². The van der Waals surface area contributed by atoms with Crippen LogP contribution in [0.25, 0.3) is 0 Å². The molecular formula is C9H13N. The van der Waals surface area contributed by atoms with Crippen molar-refractivity contribution in [2.24, 2.45) is 5.92 Å². The highest BCUT2D eigenvalue weighted by molar-refractivity contribution is 5.13. The van der Waals surface area contributed by atoms with Gasteiger partial charge in [0.2, 0.25) is 0 Å². The van der Waals surface area contributed by atoms with Crippen molar-refractivity contribution in [1.82, 2.24) is 5.32 Å². The summed E-state index contributed by atoms with van der Waals surface area (Å²) in [6.45, 7) is 4.01. The van der Waals surface area contributed by atoms with Crippen LogP contribution in [0, 0.1) is 5.92 Å². The predicted molar refractivity (Wildman–Crippen MR) is 42.5 cm³/mol. The Morgan fingerprint density at radius 2 is 2.50 bits per heavy atom. The molecule has 0 bridgehead atoms. The molecule has 1 heteroatoms. The van der Waals surface area contributed by atoms with Crippen LogP contribution in [0.2, 0.25) is 0 Å². The Bertz CT molecular complexity index is 181. The van der Waals surface area contributed by atoms with Gasteiger partial charge in [-0.2, -0.15) is 0 Å². The van der Waals surface area contributed by atoms with Gasteiger partial charge in [-0.05, 0) is 25.5 Å². The van der Waals surface area contributed by atoms with Crippen LogP contribution < -0.4 is 5.32 Å². The fourth-order valence-corrected chi connectivity index (χ4v) is 1.86. The second-order valence-electron chi connectivity index (χ2n) is 3.29. The molecule has 2 rings (SSSR count). The fourth-order valence-electron chi connectivity index (χ4n) is 1.86. The lowest BCUT2D eigenvalue weighted by molar-refractivity contribution is 0.406. The minimum atomic E-state index is 0.727. The van der Waals surface area contributed by atoms with Crippen molar-refractivity contribution < 1.29 is 0 Å². The molecule has 1 heterocycles. The maximum atomic E-state index is 4.01. The number of hydrogen-bond acceptors (Lipinski definition) is 1. The summed E-state index contributed by atoms with van der Waals surface area (Å²) in [5.41, 5.74) is 1.43. The average Bonchev–Trinajstić information content (AvgIpc) is 2.33. The van der Waals surface area contributed by atoms with Gasteiger partial charge < -0.3 is 5.32 Å². The monoisotopic (exact) mass is 135 g/mol. The van der Waals surface area contributed by atoms with Crippen LogP contribution in [0.3, 0.4) is 0 Å². The first-order valence-electron chi connectivity index (χ1n) is 3.95. The lowest BCUT2D eigenvalue weighted by Gasteiger charge is -2.26. The van der Waals surface area contributed by atoms with Crippen LogP contribution in [0.1, 0.15) is 19.3 Å². The zero-order valence-corrected chi connectivity index (χ0v) is 6.14.